The lowest BCUT2D eigenvalue weighted by Gasteiger charge is -2.53. The molecule has 5 rings (SSSR count). The van der Waals surface area contributed by atoms with E-state index in [-0.39, 0.29) is 29.6 Å². The predicted octanol–water partition coefficient (Wildman–Crippen LogP) is 4.16. The standard InChI is InChI=1S/C27H40N4O4/c1-26(2,3)35-25(33)29-18-27(19-29)13-11-21(12-14-27)28-15-22-9-10-23-16-30(22)24(32)31(23)34-17-20-7-5-4-6-8-20/h4-8,21-23,28H,9-19H2,1-3H3/t22-,23+/m0/s1. The zero-order chi connectivity index (χ0) is 24.6. The number of urea groups is 1. The molecule has 8 heteroatoms. The van der Waals surface area contributed by atoms with Crippen LogP contribution >= 0.6 is 0 Å². The molecule has 35 heavy (non-hydrogen) atoms. The summed E-state index contributed by atoms with van der Waals surface area (Å²) in [6.45, 7) is 9.40. The zero-order valence-electron chi connectivity index (χ0n) is 21.4. The van der Waals surface area contributed by atoms with Gasteiger partial charge in [-0.15, -0.1) is 0 Å². The van der Waals surface area contributed by atoms with E-state index in [1.54, 1.807) is 5.06 Å². The maximum atomic E-state index is 13.0. The van der Waals surface area contributed by atoms with E-state index in [0.29, 0.717) is 12.6 Å². The summed E-state index contributed by atoms with van der Waals surface area (Å²) < 4.78 is 5.51. The molecule has 1 aliphatic carbocycles. The van der Waals surface area contributed by atoms with Crippen LogP contribution in [-0.2, 0) is 16.2 Å². The molecular weight excluding hydrogens is 444 g/mol. The van der Waals surface area contributed by atoms with Crippen molar-refractivity contribution in [1.29, 1.82) is 0 Å². The zero-order valence-corrected chi connectivity index (χ0v) is 21.4. The third kappa shape index (κ3) is 5.43. The van der Waals surface area contributed by atoms with Crippen molar-refractivity contribution in [2.24, 2.45) is 5.41 Å². The monoisotopic (exact) mass is 484 g/mol. The van der Waals surface area contributed by atoms with E-state index in [1.807, 2.05) is 60.9 Å². The summed E-state index contributed by atoms with van der Waals surface area (Å²) in [6.07, 6.45) is 6.33. The average Bonchev–Trinajstić information content (AvgIpc) is 3.05. The van der Waals surface area contributed by atoms with Crippen LogP contribution < -0.4 is 5.32 Å². The number of amides is 3. The Hall–Kier alpha value is -2.32. The molecule has 0 aromatic heterocycles. The topological polar surface area (TPSA) is 74.4 Å². The van der Waals surface area contributed by atoms with E-state index >= 15 is 0 Å². The second kappa shape index (κ2) is 9.62. The van der Waals surface area contributed by atoms with Gasteiger partial charge in [-0.1, -0.05) is 30.3 Å². The van der Waals surface area contributed by atoms with Crippen LogP contribution in [0.15, 0.2) is 30.3 Å². The van der Waals surface area contributed by atoms with E-state index in [9.17, 15) is 9.59 Å². The number of carbonyl (C=O) groups excluding carboxylic acids is 2. The Labute approximate surface area is 208 Å². The molecule has 3 heterocycles. The van der Waals surface area contributed by atoms with E-state index < -0.39 is 5.60 Å². The number of nitrogens with one attached hydrogen (secondary N) is 1. The largest absolute Gasteiger partial charge is 0.444 e. The van der Waals surface area contributed by atoms with Crippen molar-refractivity contribution in [1.82, 2.24) is 20.2 Å². The first-order chi connectivity index (χ1) is 16.7. The van der Waals surface area contributed by atoms with Gasteiger partial charge in [0.2, 0.25) is 0 Å². The minimum Gasteiger partial charge on any atom is -0.444 e. The molecule has 192 valence electrons. The number of hydrogen-bond acceptors (Lipinski definition) is 5. The molecular formula is C27H40N4O4. The molecule has 4 aliphatic rings. The molecule has 0 unspecified atom stereocenters. The van der Waals surface area contributed by atoms with Crippen molar-refractivity contribution in [2.45, 2.75) is 89.6 Å². The fraction of sp³-hybridized carbons (Fsp3) is 0.704. The van der Waals surface area contributed by atoms with Gasteiger partial charge in [0, 0.05) is 43.7 Å². The fourth-order valence-electron chi connectivity index (χ4n) is 6.08. The Balaban J connectivity index is 1.04. The summed E-state index contributed by atoms with van der Waals surface area (Å²) >= 11 is 0. The van der Waals surface area contributed by atoms with Crippen LogP contribution in [0.1, 0.15) is 64.9 Å². The normalized spacial score (nSPS) is 26.3. The third-order valence-electron chi connectivity index (χ3n) is 8.05. The molecule has 2 atom stereocenters. The summed E-state index contributed by atoms with van der Waals surface area (Å²) in [7, 11) is 0. The van der Waals surface area contributed by atoms with Crippen LogP contribution in [0.4, 0.5) is 9.59 Å². The van der Waals surface area contributed by atoms with Gasteiger partial charge in [0.25, 0.3) is 0 Å². The van der Waals surface area contributed by atoms with Crippen LogP contribution in [0.3, 0.4) is 0 Å². The van der Waals surface area contributed by atoms with Gasteiger partial charge in [0.15, 0.2) is 0 Å². The lowest BCUT2D eigenvalue weighted by molar-refractivity contribution is -0.140. The highest BCUT2D eigenvalue weighted by Gasteiger charge is 2.49. The van der Waals surface area contributed by atoms with E-state index in [1.165, 1.54) is 0 Å². The van der Waals surface area contributed by atoms with Crippen molar-refractivity contribution in [3.63, 3.8) is 0 Å². The molecule has 3 amide bonds. The third-order valence-corrected chi connectivity index (χ3v) is 8.05. The van der Waals surface area contributed by atoms with Crippen molar-refractivity contribution in [3.05, 3.63) is 35.9 Å². The molecule has 3 saturated heterocycles. The van der Waals surface area contributed by atoms with Gasteiger partial charge in [-0.25, -0.2) is 9.59 Å². The van der Waals surface area contributed by atoms with E-state index in [2.05, 4.69) is 5.32 Å². The first-order valence-corrected chi connectivity index (χ1v) is 13.2. The molecule has 1 N–H and O–H groups in total. The van der Waals surface area contributed by atoms with Crippen LogP contribution in [0.2, 0.25) is 0 Å². The van der Waals surface area contributed by atoms with Crippen LogP contribution in [-0.4, -0.2) is 76.9 Å². The molecule has 1 spiro atoms. The van der Waals surface area contributed by atoms with Crippen molar-refractivity contribution < 1.29 is 19.2 Å². The Morgan fingerprint density at radius 2 is 1.80 bits per heavy atom. The van der Waals surface area contributed by atoms with Crippen LogP contribution in [0.25, 0.3) is 0 Å². The second-order valence-corrected chi connectivity index (χ2v) is 11.9. The van der Waals surface area contributed by atoms with Gasteiger partial charge < -0.3 is 19.9 Å². The number of nitrogens with zero attached hydrogens (tertiary/aromatic N) is 3. The fourth-order valence-corrected chi connectivity index (χ4v) is 6.08. The summed E-state index contributed by atoms with van der Waals surface area (Å²) in [5, 5.41) is 5.38. The number of hydrogen-bond donors (Lipinski definition) is 1. The Bertz CT molecular complexity index is 902. The maximum Gasteiger partial charge on any atom is 0.410 e. The molecule has 0 radical (unpaired) electrons. The van der Waals surface area contributed by atoms with Crippen molar-refractivity contribution >= 4 is 12.1 Å². The number of fused-ring (bicyclic) bond motifs is 2. The molecule has 1 aromatic rings. The lowest BCUT2D eigenvalue weighted by Crippen LogP contribution is -2.61. The number of rotatable bonds is 6. The molecule has 8 nitrogen and oxygen atoms in total. The number of ether oxygens (including phenoxy) is 1. The summed E-state index contributed by atoms with van der Waals surface area (Å²) in [5.41, 5.74) is 0.905. The second-order valence-electron chi connectivity index (χ2n) is 11.9. The Kier molecular flexibility index (Phi) is 6.70. The highest BCUT2D eigenvalue weighted by atomic mass is 16.7. The smallest absolute Gasteiger partial charge is 0.410 e. The first kappa shape index (κ1) is 24.4. The Morgan fingerprint density at radius 1 is 1.09 bits per heavy atom. The minimum absolute atomic E-state index is 0.00882. The maximum absolute atomic E-state index is 13.0. The number of piperidine rings is 1. The molecule has 1 saturated carbocycles. The van der Waals surface area contributed by atoms with Gasteiger partial charge in [-0.05, 0) is 64.9 Å². The predicted molar refractivity (Wildman–Crippen MR) is 132 cm³/mol. The summed E-state index contributed by atoms with van der Waals surface area (Å²) in [4.78, 5) is 35.1. The lowest BCUT2D eigenvalue weighted by atomic mass is 9.67. The van der Waals surface area contributed by atoms with Crippen molar-refractivity contribution in [3.8, 4) is 0 Å². The quantitative estimate of drug-likeness (QED) is 0.657. The Morgan fingerprint density at radius 3 is 2.49 bits per heavy atom. The van der Waals surface area contributed by atoms with Crippen LogP contribution in [0.5, 0.6) is 0 Å². The number of hydroxylamine groups is 2. The van der Waals surface area contributed by atoms with Gasteiger partial charge >= 0.3 is 12.1 Å². The van der Waals surface area contributed by atoms with Gasteiger partial charge in [-0.3, -0.25) is 4.84 Å². The highest BCUT2D eigenvalue weighted by molar-refractivity contribution is 5.77. The molecule has 1 aromatic carbocycles. The van der Waals surface area contributed by atoms with Crippen molar-refractivity contribution in [2.75, 3.05) is 26.2 Å². The summed E-state index contributed by atoms with van der Waals surface area (Å²) in [5.74, 6) is 0. The van der Waals surface area contributed by atoms with Crippen LogP contribution in [0, 0.1) is 5.41 Å². The highest BCUT2D eigenvalue weighted by Crippen LogP contribution is 2.44. The average molecular weight is 485 g/mol. The van der Waals surface area contributed by atoms with Gasteiger partial charge in [0.05, 0.1) is 6.04 Å². The van der Waals surface area contributed by atoms with Gasteiger partial charge in [0.1, 0.15) is 12.2 Å². The van der Waals surface area contributed by atoms with Gasteiger partial charge in [-0.2, -0.15) is 5.06 Å². The number of carbonyl (C=O) groups is 2. The van der Waals surface area contributed by atoms with E-state index in [4.69, 9.17) is 9.57 Å². The first-order valence-electron chi connectivity index (χ1n) is 13.2. The SMILES string of the molecule is CC(C)(C)OC(=O)N1CC2(CCC(NC[C@@H]3CC[C@@H]4CN3C(=O)N4OCc3ccccc3)CC2)C1. The molecule has 3 aliphatic heterocycles. The molecule has 4 fully saturated rings. The number of benzene rings is 1. The number of likely N-dealkylation sites (tertiary alicyclic amines) is 1. The summed E-state index contributed by atoms with van der Waals surface area (Å²) in [6, 6.07) is 10.9. The molecule has 2 bridgehead atoms. The minimum atomic E-state index is -0.442. The van der Waals surface area contributed by atoms with E-state index in [0.717, 1.165) is 70.3 Å².